The van der Waals surface area contributed by atoms with E-state index in [0.717, 1.165) is 16.3 Å². The van der Waals surface area contributed by atoms with Gasteiger partial charge < -0.3 is 4.74 Å². The third-order valence-corrected chi connectivity index (χ3v) is 3.72. The lowest BCUT2D eigenvalue weighted by molar-refractivity contribution is 0.0600. The van der Waals surface area contributed by atoms with E-state index in [-0.39, 0.29) is 5.91 Å². The summed E-state index contributed by atoms with van der Waals surface area (Å²) in [6.45, 7) is 0. The molecule has 0 saturated carbocycles. The lowest BCUT2D eigenvalue weighted by Crippen LogP contribution is -2.17. The smallest absolute Gasteiger partial charge is 0.337 e. The second-order valence-corrected chi connectivity index (χ2v) is 5.37. The monoisotopic (exact) mass is 332 g/mol. The highest BCUT2D eigenvalue weighted by Crippen LogP contribution is 2.15. The Morgan fingerprint density at radius 3 is 2.32 bits per heavy atom. The van der Waals surface area contributed by atoms with Gasteiger partial charge in [0.25, 0.3) is 5.91 Å². The Bertz CT molecular complexity index is 947. The number of rotatable bonds is 4. The molecule has 0 heterocycles. The van der Waals surface area contributed by atoms with E-state index < -0.39 is 5.97 Å². The zero-order valence-electron chi connectivity index (χ0n) is 13.6. The summed E-state index contributed by atoms with van der Waals surface area (Å²) in [4.78, 5) is 23.5. The molecule has 0 saturated heterocycles. The van der Waals surface area contributed by atoms with E-state index in [2.05, 4.69) is 15.3 Å². The average Bonchev–Trinajstić information content (AvgIpc) is 2.67. The molecule has 25 heavy (non-hydrogen) atoms. The van der Waals surface area contributed by atoms with Crippen LogP contribution in [-0.2, 0) is 4.74 Å². The van der Waals surface area contributed by atoms with Crippen LogP contribution in [0.25, 0.3) is 10.8 Å². The summed E-state index contributed by atoms with van der Waals surface area (Å²) >= 11 is 0. The number of carbonyl (C=O) groups is 2. The number of nitrogens with one attached hydrogen (secondary N) is 1. The van der Waals surface area contributed by atoms with Crippen LogP contribution in [0, 0.1) is 0 Å². The minimum absolute atomic E-state index is 0.284. The van der Waals surface area contributed by atoms with Gasteiger partial charge in [-0.25, -0.2) is 10.2 Å². The van der Waals surface area contributed by atoms with Crippen molar-refractivity contribution in [2.45, 2.75) is 0 Å². The Hall–Kier alpha value is -3.47. The van der Waals surface area contributed by atoms with Gasteiger partial charge >= 0.3 is 5.97 Å². The van der Waals surface area contributed by atoms with Gasteiger partial charge in [-0.15, -0.1) is 0 Å². The molecular formula is C20H16N2O3. The Kier molecular flexibility index (Phi) is 4.85. The first kappa shape index (κ1) is 16.4. The number of esters is 1. The predicted octanol–water partition coefficient (Wildman–Crippen LogP) is 3.39. The van der Waals surface area contributed by atoms with E-state index >= 15 is 0 Å². The van der Waals surface area contributed by atoms with Gasteiger partial charge in [-0.05, 0) is 40.6 Å². The third kappa shape index (κ3) is 3.90. The van der Waals surface area contributed by atoms with Crippen LogP contribution >= 0.6 is 0 Å². The highest BCUT2D eigenvalue weighted by atomic mass is 16.5. The van der Waals surface area contributed by atoms with Crippen LogP contribution < -0.4 is 5.43 Å². The second-order valence-electron chi connectivity index (χ2n) is 5.37. The van der Waals surface area contributed by atoms with E-state index in [9.17, 15) is 9.59 Å². The normalized spacial score (nSPS) is 10.8. The number of carbonyl (C=O) groups excluding carboxylic acids is 2. The minimum Gasteiger partial charge on any atom is -0.465 e. The number of amides is 1. The number of methoxy groups -OCH3 is 1. The van der Waals surface area contributed by atoms with Crippen molar-refractivity contribution in [1.29, 1.82) is 0 Å². The molecule has 3 rings (SSSR count). The maximum atomic E-state index is 12.2. The van der Waals surface area contributed by atoms with Gasteiger partial charge in [-0.2, -0.15) is 5.10 Å². The molecule has 5 nitrogen and oxygen atoms in total. The van der Waals surface area contributed by atoms with Crippen molar-refractivity contribution >= 4 is 28.9 Å². The van der Waals surface area contributed by atoms with E-state index in [1.54, 1.807) is 30.3 Å². The molecule has 1 N–H and O–H groups in total. The van der Waals surface area contributed by atoms with Gasteiger partial charge in [0.15, 0.2) is 0 Å². The van der Waals surface area contributed by atoms with Crippen LogP contribution in [0.3, 0.4) is 0 Å². The minimum atomic E-state index is -0.395. The van der Waals surface area contributed by atoms with Crippen LogP contribution in [0.5, 0.6) is 0 Å². The summed E-state index contributed by atoms with van der Waals surface area (Å²) in [7, 11) is 1.33. The van der Waals surface area contributed by atoms with Crippen molar-refractivity contribution in [2.75, 3.05) is 7.11 Å². The number of hydrogen-bond acceptors (Lipinski definition) is 4. The molecule has 0 spiro atoms. The fourth-order valence-electron chi connectivity index (χ4n) is 2.38. The van der Waals surface area contributed by atoms with Gasteiger partial charge in [0.05, 0.1) is 18.9 Å². The standard InChI is InChI=1S/C20H16N2O3/c1-25-20(24)16-8-6-14(7-9-16)13-21-22-19(23)18-11-10-15-4-2-3-5-17(15)12-18/h2-13H,1H3,(H,22,23)/b21-13-. The molecule has 124 valence electrons. The zero-order valence-corrected chi connectivity index (χ0v) is 13.6. The van der Waals surface area contributed by atoms with Crippen molar-refractivity contribution in [3.63, 3.8) is 0 Å². The average molecular weight is 332 g/mol. The number of hydrazone groups is 1. The number of nitrogens with zero attached hydrogens (tertiary/aromatic N) is 1. The Morgan fingerprint density at radius 2 is 1.60 bits per heavy atom. The molecule has 3 aromatic carbocycles. The van der Waals surface area contributed by atoms with Gasteiger partial charge in [0, 0.05) is 5.56 Å². The first-order valence-corrected chi connectivity index (χ1v) is 7.68. The predicted molar refractivity (Wildman–Crippen MR) is 96.8 cm³/mol. The first-order valence-electron chi connectivity index (χ1n) is 7.68. The van der Waals surface area contributed by atoms with Gasteiger partial charge in [-0.1, -0.05) is 42.5 Å². The maximum absolute atomic E-state index is 12.2. The van der Waals surface area contributed by atoms with E-state index in [1.165, 1.54) is 13.3 Å². The summed E-state index contributed by atoms with van der Waals surface area (Å²) in [6.07, 6.45) is 1.51. The lowest BCUT2D eigenvalue weighted by atomic mass is 10.1. The molecule has 0 unspecified atom stereocenters. The lowest BCUT2D eigenvalue weighted by Gasteiger charge is -2.02. The Labute approximate surface area is 144 Å². The van der Waals surface area contributed by atoms with Crippen molar-refractivity contribution in [3.05, 3.63) is 83.4 Å². The molecule has 0 fully saturated rings. The molecule has 1 amide bonds. The van der Waals surface area contributed by atoms with Crippen molar-refractivity contribution < 1.29 is 14.3 Å². The molecule has 0 aliphatic rings. The van der Waals surface area contributed by atoms with Crippen LogP contribution in [0.15, 0.2) is 71.8 Å². The van der Waals surface area contributed by atoms with Crippen molar-refractivity contribution in [2.24, 2.45) is 5.10 Å². The van der Waals surface area contributed by atoms with E-state index in [4.69, 9.17) is 0 Å². The highest BCUT2D eigenvalue weighted by Gasteiger charge is 2.05. The Morgan fingerprint density at radius 1 is 0.920 bits per heavy atom. The summed E-state index contributed by atoms with van der Waals surface area (Å²) in [5.41, 5.74) is 4.25. The van der Waals surface area contributed by atoms with Crippen LogP contribution in [0.1, 0.15) is 26.3 Å². The van der Waals surface area contributed by atoms with Crippen molar-refractivity contribution in [1.82, 2.24) is 5.43 Å². The SMILES string of the molecule is COC(=O)c1ccc(/C=N\NC(=O)c2ccc3ccccc3c2)cc1. The summed E-state index contributed by atoms with van der Waals surface area (Å²) < 4.78 is 4.64. The number of benzene rings is 3. The molecule has 0 radical (unpaired) electrons. The second kappa shape index (κ2) is 7.40. The summed E-state index contributed by atoms with van der Waals surface area (Å²) in [5, 5.41) is 6.03. The largest absolute Gasteiger partial charge is 0.465 e. The molecule has 5 heteroatoms. The topological polar surface area (TPSA) is 67.8 Å². The molecular weight excluding hydrogens is 316 g/mol. The number of ether oxygens (including phenoxy) is 1. The van der Waals surface area contributed by atoms with E-state index in [0.29, 0.717) is 11.1 Å². The zero-order chi connectivity index (χ0) is 17.6. The Balaban J connectivity index is 1.66. The first-order chi connectivity index (χ1) is 12.2. The highest BCUT2D eigenvalue weighted by molar-refractivity contribution is 5.99. The molecule has 0 atom stereocenters. The van der Waals surface area contributed by atoms with Crippen molar-refractivity contribution in [3.8, 4) is 0 Å². The maximum Gasteiger partial charge on any atom is 0.337 e. The third-order valence-electron chi connectivity index (χ3n) is 3.72. The van der Waals surface area contributed by atoms with Crippen LogP contribution in [0.2, 0.25) is 0 Å². The van der Waals surface area contributed by atoms with Crippen LogP contribution in [0.4, 0.5) is 0 Å². The fraction of sp³-hybridized carbons (Fsp3) is 0.0500. The summed E-state index contributed by atoms with van der Waals surface area (Å²) in [6, 6.07) is 20.0. The fourth-order valence-corrected chi connectivity index (χ4v) is 2.38. The molecule has 0 aliphatic heterocycles. The number of fused-ring (bicyclic) bond motifs is 1. The van der Waals surface area contributed by atoms with Crippen LogP contribution in [-0.4, -0.2) is 25.2 Å². The van der Waals surface area contributed by atoms with Gasteiger partial charge in [-0.3, -0.25) is 4.79 Å². The summed E-state index contributed by atoms with van der Waals surface area (Å²) in [5.74, 6) is -0.679. The molecule has 0 aromatic heterocycles. The number of hydrogen-bond donors (Lipinski definition) is 1. The quantitative estimate of drug-likeness (QED) is 0.452. The van der Waals surface area contributed by atoms with Gasteiger partial charge in [0.1, 0.15) is 0 Å². The van der Waals surface area contributed by atoms with Gasteiger partial charge in [0.2, 0.25) is 0 Å². The molecule has 0 aliphatic carbocycles. The van der Waals surface area contributed by atoms with E-state index in [1.807, 2.05) is 36.4 Å². The molecule has 3 aromatic rings. The molecule has 0 bridgehead atoms.